The van der Waals surface area contributed by atoms with E-state index in [1.165, 1.54) is 0 Å². The highest BCUT2D eigenvalue weighted by molar-refractivity contribution is 5.25. The van der Waals surface area contributed by atoms with Crippen LogP contribution >= 0.6 is 0 Å². The van der Waals surface area contributed by atoms with E-state index in [1.807, 2.05) is 0 Å². The zero-order valence-corrected chi connectivity index (χ0v) is 13.0. The molecule has 22 heavy (non-hydrogen) atoms. The summed E-state index contributed by atoms with van der Waals surface area (Å²) in [7, 11) is 0. The number of ether oxygens (including phenoxy) is 4. The summed E-state index contributed by atoms with van der Waals surface area (Å²) in [5, 5.41) is 6.52. The minimum absolute atomic E-state index is 0.0338. The Hall–Kier alpha value is -1.12. The third-order valence-corrected chi connectivity index (χ3v) is 3.25. The summed E-state index contributed by atoms with van der Waals surface area (Å²) < 4.78 is 22.6. The zero-order chi connectivity index (χ0) is 15.5. The van der Waals surface area contributed by atoms with E-state index in [4.69, 9.17) is 18.9 Å². The molecule has 2 N–H and O–H groups in total. The highest BCUT2D eigenvalue weighted by Crippen LogP contribution is 2.04. The first-order valence-corrected chi connectivity index (χ1v) is 7.68. The molecular weight excluding hydrogens is 284 g/mol. The first kappa shape index (κ1) is 17.2. The maximum atomic E-state index is 5.71. The van der Waals surface area contributed by atoms with E-state index in [9.17, 15) is 0 Å². The van der Waals surface area contributed by atoms with Crippen LogP contribution in [0.15, 0.2) is 0 Å². The molecule has 0 radical (unpaired) electrons. The Labute approximate surface area is 132 Å². The third kappa shape index (κ3) is 6.76. The molecule has 2 heterocycles. The molecule has 2 rings (SSSR count). The molecule has 122 valence electrons. The summed E-state index contributed by atoms with van der Waals surface area (Å²) in [6, 6.07) is 0. The van der Waals surface area contributed by atoms with Crippen molar-refractivity contribution < 1.29 is 18.9 Å². The molecule has 0 unspecified atom stereocenters. The van der Waals surface area contributed by atoms with Gasteiger partial charge in [0, 0.05) is 26.2 Å². The van der Waals surface area contributed by atoms with Crippen LogP contribution in [0.25, 0.3) is 0 Å². The molecule has 0 aliphatic carbocycles. The first-order chi connectivity index (χ1) is 10.9. The minimum Gasteiger partial charge on any atom is -0.373 e. The van der Waals surface area contributed by atoms with Crippen LogP contribution in [0.5, 0.6) is 0 Å². The van der Waals surface area contributed by atoms with Gasteiger partial charge in [-0.05, 0) is 24.7 Å². The van der Waals surface area contributed by atoms with Crippen molar-refractivity contribution in [2.45, 2.75) is 25.4 Å². The van der Waals surface area contributed by atoms with Gasteiger partial charge < -0.3 is 29.6 Å². The summed E-state index contributed by atoms with van der Waals surface area (Å²) in [5.74, 6) is 11.0. The normalized spacial score (nSPS) is 25.0. The lowest BCUT2D eigenvalue weighted by Gasteiger charge is -2.26. The van der Waals surface area contributed by atoms with Gasteiger partial charge in [0.25, 0.3) is 0 Å². The minimum atomic E-state index is -0.614. The largest absolute Gasteiger partial charge is 0.373 e. The van der Waals surface area contributed by atoms with Gasteiger partial charge in [-0.25, -0.2) is 0 Å². The maximum Gasteiger partial charge on any atom is 0.223 e. The van der Waals surface area contributed by atoms with E-state index < -0.39 is 6.29 Å². The van der Waals surface area contributed by atoms with E-state index >= 15 is 0 Å². The predicted molar refractivity (Wildman–Crippen MR) is 82.1 cm³/mol. The molecule has 2 fully saturated rings. The van der Waals surface area contributed by atoms with Crippen molar-refractivity contribution in [1.82, 2.24) is 10.6 Å². The van der Waals surface area contributed by atoms with Crippen LogP contribution in [-0.4, -0.2) is 71.1 Å². The molecule has 0 spiro atoms. The summed E-state index contributed by atoms with van der Waals surface area (Å²) in [4.78, 5) is 0. The van der Waals surface area contributed by atoms with Crippen molar-refractivity contribution in [3.05, 3.63) is 0 Å². The molecule has 0 amide bonds. The van der Waals surface area contributed by atoms with Gasteiger partial charge in [0.1, 0.15) is 0 Å². The summed E-state index contributed by atoms with van der Waals surface area (Å²) in [6.45, 7) is 7.36. The highest BCUT2D eigenvalue weighted by atomic mass is 16.7. The summed E-state index contributed by atoms with van der Waals surface area (Å²) in [6.07, 6.45) is -0.546. The smallest absolute Gasteiger partial charge is 0.223 e. The van der Waals surface area contributed by atoms with Gasteiger partial charge in [0.15, 0.2) is 0 Å². The second-order valence-corrected chi connectivity index (χ2v) is 5.04. The second-order valence-electron chi connectivity index (χ2n) is 5.04. The van der Waals surface area contributed by atoms with Crippen LogP contribution in [0.2, 0.25) is 0 Å². The van der Waals surface area contributed by atoms with Crippen LogP contribution in [0, 0.1) is 23.7 Å². The van der Waals surface area contributed by atoms with Gasteiger partial charge in [-0.15, -0.1) is 0 Å². The number of hydrogen-bond donors (Lipinski definition) is 2. The monoisotopic (exact) mass is 308 g/mol. The molecule has 2 saturated heterocycles. The van der Waals surface area contributed by atoms with Crippen LogP contribution < -0.4 is 10.6 Å². The number of rotatable bonds is 6. The lowest BCUT2D eigenvalue weighted by atomic mass is 10.3. The van der Waals surface area contributed by atoms with Crippen molar-refractivity contribution in [1.29, 1.82) is 0 Å². The molecule has 2 aliphatic rings. The second kappa shape index (κ2) is 10.6. The van der Waals surface area contributed by atoms with Gasteiger partial charge in [-0.2, -0.15) is 0 Å². The lowest BCUT2D eigenvalue weighted by Crippen LogP contribution is -2.43. The fourth-order valence-corrected chi connectivity index (χ4v) is 2.13. The third-order valence-electron chi connectivity index (χ3n) is 3.25. The fraction of sp³-hybridized carbons (Fsp3) is 0.750. The molecule has 6 heteroatoms. The first-order valence-electron chi connectivity index (χ1n) is 7.68. The Morgan fingerprint density at radius 2 is 1.59 bits per heavy atom. The average Bonchev–Trinajstić information content (AvgIpc) is 2.59. The van der Waals surface area contributed by atoms with Crippen molar-refractivity contribution in [3.8, 4) is 23.7 Å². The number of hydrogen-bond acceptors (Lipinski definition) is 6. The molecule has 0 aromatic rings. The van der Waals surface area contributed by atoms with Crippen LogP contribution in [-0.2, 0) is 18.9 Å². The molecular formula is C16H24N2O4. The SMILES string of the molecule is CC#CC#CC(OC[C@@H]1CNCCO1)OC[C@@H]1CNCCO1. The Morgan fingerprint density at radius 1 is 1.00 bits per heavy atom. The highest BCUT2D eigenvalue weighted by Gasteiger charge is 2.19. The number of morpholine rings is 2. The van der Waals surface area contributed by atoms with Gasteiger partial charge in [0.2, 0.25) is 6.29 Å². The van der Waals surface area contributed by atoms with Crippen LogP contribution in [0.1, 0.15) is 6.92 Å². The van der Waals surface area contributed by atoms with Gasteiger partial charge in [-0.3, -0.25) is 0 Å². The maximum absolute atomic E-state index is 5.71. The van der Waals surface area contributed by atoms with Gasteiger partial charge in [0.05, 0.1) is 38.6 Å². The van der Waals surface area contributed by atoms with E-state index in [2.05, 4.69) is 34.3 Å². The molecule has 0 saturated carbocycles. The predicted octanol–water partition coefficient (Wildman–Crippen LogP) is -0.651. The van der Waals surface area contributed by atoms with E-state index in [-0.39, 0.29) is 12.2 Å². The summed E-state index contributed by atoms with van der Waals surface area (Å²) in [5.41, 5.74) is 0. The Morgan fingerprint density at radius 3 is 2.05 bits per heavy atom. The Bertz CT molecular complexity index is 401. The van der Waals surface area contributed by atoms with E-state index in [1.54, 1.807) is 6.92 Å². The molecule has 0 aromatic carbocycles. The molecule has 0 bridgehead atoms. The standard InChI is InChI=1S/C16H24N2O4/c1-2-3-4-5-16(21-12-14-10-17-6-8-19-14)22-13-15-11-18-7-9-20-15/h14-18H,6-13H2,1H3/t14-,15-/m0/s1. The molecule has 6 nitrogen and oxygen atoms in total. The Kier molecular flexibility index (Phi) is 8.29. The van der Waals surface area contributed by atoms with Crippen molar-refractivity contribution in [2.75, 3.05) is 52.6 Å². The molecule has 0 aromatic heterocycles. The van der Waals surface area contributed by atoms with Crippen LogP contribution in [0.4, 0.5) is 0 Å². The Balaban J connectivity index is 1.76. The van der Waals surface area contributed by atoms with E-state index in [0.29, 0.717) is 26.4 Å². The fourth-order valence-electron chi connectivity index (χ4n) is 2.13. The topological polar surface area (TPSA) is 61.0 Å². The lowest BCUT2D eigenvalue weighted by molar-refractivity contribution is -0.154. The van der Waals surface area contributed by atoms with Crippen molar-refractivity contribution in [3.63, 3.8) is 0 Å². The average molecular weight is 308 g/mol. The molecule has 2 aliphatic heterocycles. The van der Waals surface area contributed by atoms with Gasteiger partial charge in [-0.1, -0.05) is 5.92 Å². The van der Waals surface area contributed by atoms with Crippen molar-refractivity contribution >= 4 is 0 Å². The van der Waals surface area contributed by atoms with Crippen LogP contribution in [0.3, 0.4) is 0 Å². The van der Waals surface area contributed by atoms with Crippen molar-refractivity contribution in [2.24, 2.45) is 0 Å². The van der Waals surface area contributed by atoms with E-state index in [0.717, 1.165) is 26.2 Å². The molecule has 2 atom stereocenters. The quantitative estimate of drug-likeness (QED) is 0.502. The summed E-state index contributed by atoms with van der Waals surface area (Å²) >= 11 is 0. The van der Waals surface area contributed by atoms with Gasteiger partial charge >= 0.3 is 0 Å². The zero-order valence-electron chi connectivity index (χ0n) is 13.0. The number of nitrogens with one attached hydrogen (secondary N) is 2.